The second-order valence-electron chi connectivity index (χ2n) is 5.67. The van der Waals surface area contributed by atoms with Crippen LogP contribution in [0, 0.1) is 0 Å². The molecule has 0 aliphatic carbocycles. The highest BCUT2D eigenvalue weighted by molar-refractivity contribution is 5.84. The van der Waals surface area contributed by atoms with E-state index in [1.807, 2.05) is 42.5 Å². The van der Waals surface area contributed by atoms with Gasteiger partial charge >= 0.3 is 0 Å². The van der Waals surface area contributed by atoms with Crippen molar-refractivity contribution in [3.8, 4) is 11.4 Å². The third kappa shape index (κ3) is 2.46. The Morgan fingerprint density at radius 1 is 0.826 bits per heavy atom. The third-order valence-electron chi connectivity index (χ3n) is 4.02. The van der Waals surface area contributed by atoms with Crippen LogP contribution in [0.25, 0.3) is 33.7 Å². The number of aromatic nitrogens is 4. The average molecular weight is 302 g/mol. The molecule has 0 N–H and O–H groups in total. The Morgan fingerprint density at radius 2 is 1.52 bits per heavy atom. The SMILES string of the molecule is CCCCn1c(-c2ccccc2)nc2nc3ccccc3nc21. The average Bonchev–Trinajstić information content (AvgIpc) is 2.96. The number of imidazole rings is 1. The Kier molecular flexibility index (Phi) is 3.50. The third-order valence-corrected chi connectivity index (χ3v) is 4.02. The van der Waals surface area contributed by atoms with E-state index < -0.39 is 0 Å². The molecule has 0 spiro atoms. The van der Waals surface area contributed by atoms with Gasteiger partial charge in [0, 0.05) is 12.1 Å². The number of hydrogen-bond donors (Lipinski definition) is 0. The Hall–Kier alpha value is -2.75. The van der Waals surface area contributed by atoms with Crippen LogP contribution >= 0.6 is 0 Å². The van der Waals surface area contributed by atoms with Crippen molar-refractivity contribution in [2.75, 3.05) is 0 Å². The molecular weight excluding hydrogens is 284 g/mol. The predicted octanol–water partition coefficient (Wildman–Crippen LogP) is 4.45. The van der Waals surface area contributed by atoms with E-state index in [1.165, 1.54) is 0 Å². The van der Waals surface area contributed by atoms with Crippen molar-refractivity contribution in [2.24, 2.45) is 0 Å². The lowest BCUT2D eigenvalue weighted by Gasteiger charge is -2.07. The minimum absolute atomic E-state index is 0.721. The summed E-state index contributed by atoms with van der Waals surface area (Å²) in [5.74, 6) is 0.948. The van der Waals surface area contributed by atoms with Crippen molar-refractivity contribution in [3.63, 3.8) is 0 Å². The Bertz CT molecular complexity index is 957. The number of aryl methyl sites for hydroxylation is 1. The molecule has 114 valence electrons. The molecule has 4 aromatic rings. The fraction of sp³-hybridized carbons (Fsp3) is 0.211. The lowest BCUT2D eigenvalue weighted by molar-refractivity contribution is 0.647. The smallest absolute Gasteiger partial charge is 0.198 e. The van der Waals surface area contributed by atoms with Gasteiger partial charge in [-0.15, -0.1) is 0 Å². The Balaban J connectivity index is 1.99. The summed E-state index contributed by atoms with van der Waals surface area (Å²) in [5.41, 5.74) is 4.50. The quantitative estimate of drug-likeness (QED) is 0.559. The van der Waals surface area contributed by atoms with E-state index >= 15 is 0 Å². The van der Waals surface area contributed by atoms with E-state index in [0.29, 0.717) is 0 Å². The first-order valence-corrected chi connectivity index (χ1v) is 8.05. The standard InChI is InChI=1S/C19H18N4/c1-2-3-13-23-18(14-9-5-4-6-10-14)22-17-19(23)21-16-12-8-7-11-15(16)20-17/h4-12H,2-3,13H2,1H3. The van der Waals surface area contributed by atoms with Gasteiger partial charge in [0.05, 0.1) is 11.0 Å². The van der Waals surface area contributed by atoms with Crippen molar-refractivity contribution in [2.45, 2.75) is 26.3 Å². The van der Waals surface area contributed by atoms with Crippen molar-refractivity contribution in [1.29, 1.82) is 0 Å². The molecule has 0 saturated carbocycles. The first-order valence-electron chi connectivity index (χ1n) is 8.05. The van der Waals surface area contributed by atoms with Gasteiger partial charge in [-0.1, -0.05) is 55.8 Å². The van der Waals surface area contributed by atoms with Gasteiger partial charge in [0.15, 0.2) is 11.3 Å². The maximum Gasteiger partial charge on any atom is 0.198 e. The normalized spacial score (nSPS) is 11.3. The molecule has 0 radical (unpaired) electrons. The molecule has 0 saturated heterocycles. The fourth-order valence-electron chi connectivity index (χ4n) is 2.83. The lowest BCUT2D eigenvalue weighted by Crippen LogP contribution is -2.02. The van der Waals surface area contributed by atoms with Crippen molar-refractivity contribution in [1.82, 2.24) is 19.5 Å². The summed E-state index contributed by atoms with van der Waals surface area (Å²) in [6.45, 7) is 3.10. The lowest BCUT2D eigenvalue weighted by atomic mass is 10.2. The van der Waals surface area contributed by atoms with Crippen LogP contribution in [0.5, 0.6) is 0 Å². The fourth-order valence-corrected chi connectivity index (χ4v) is 2.83. The van der Waals surface area contributed by atoms with Crippen molar-refractivity contribution >= 4 is 22.3 Å². The van der Waals surface area contributed by atoms with E-state index in [-0.39, 0.29) is 0 Å². The number of rotatable bonds is 4. The minimum atomic E-state index is 0.721. The zero-order valence-electron chi connectivity index (χ0n) is 13.1. The maximum atomic E-state index is 4.81. The molecule has 4 heteroatoms. The van der Waals surface area contributed by atoms with E-state index in [4.69, 9.17) is 15.0 Å². The molecule has 0 atom stereocenters. The van der Waals surface area contributed by atoms with E-state index in [0.717, 1.165) is 53.1 Å². The molecule has 4 rings (SSSR count). The van der Waals surface area contributed by atoms with Gasteiger partial charge < -0.3 is 4.57 Å². The van der Waals surface area contributed by atoms with Crippen LogP contribution < -0.4 is 0 Å². The number of hydrogen-bond acceptors (Lipinski definition) is 3. The molecule has 0 unspecified atom stereocenters. The first-order chi connectivity index (χ1) is 11.4. The maximum absolute atomic E-state index is 4.81. The zero-order valence-corrected chi connectivity index (χ0v) is 13.1. The summed E-state index contributed by atoms with van der Waals surface area (Å²) in [5, 5.41) is 0. The first kappa shape index (κ1) is 13.9. The van der Waals surface area contributed by atoms with Crippen LogP contribution in [-0.2, 0) is 6.54 Å². The van der Waals surface area contributed by atoms with Crippen LogP contribution in [0.3, 0.4) is 0 Å². The molecule has 0 fully saturated rings. The Morgan fingerprint density at radius 3 is 2.26 bits per heavy atom. The van der Waals surface area contributed by atoms with Gasteiger partial charge in [0.2, 0.25) is 0 Å². The van der Waals surface area contributed by atoms with E-state index in [1.54, 1.807) is 0 Å². The molecule has 0 aliphatic heterocycles. The summed E-state index contributed by atoms with van der Waals surface area (Å²) in [7, 11) is 0. The van der Waals surface area contributed by atoms with E-state index in [2.05, 4.69) is 23.6 Å². The summed E-state index contributed by atoms with van der Waals surface area (Å²) in [4.78, 5) is 14.3. The summed E-state index contributed by atoms with van der Waals surface area (Å²) >= 11 is 0. The number of fused-ring (bicyclic) bond motifs is 2. The highest BCUT2D eigenvalue weighted by Gasteiger charge is 2.15. The van der Waals surface area contributed by atoms with Crippen LogP contribution in [0.2, 0.25) is 0 Å². The monoisotopic (exact) mass is 302 g/mol. The number of benzene rings is 2. The molecule has 4 nitrogen and oxygen atoms in total. The molecule has 2 aromatic heterocycles. The van der Waals surface area contributed by atoms with Gasteiger partial charge in [-0.25, -0.2) is 15.0 Å². The topological polar surface area (TPSA) is 43.6 Å². The highest BCUT2D eigenvalue weighted by Crippen LogP contribution is 2.25. The number of unbranched alkanes of at least 4 members (excludes halogenated alkanes) is 1. The molecule has 0 amide bonds. The highest BCUT2D eigenvalue weighted by atomic mass is 15.2. The van der Waals surface area contributed by atoms with Gasteiger partial charge in [-0.2, -0.15) is 0 Å². The molecule has 0 aliphatic rings. The van der Waals surface area contributed by atoms with Crippen molar-refractivity contribution < 1.29 is 0 Å². The summed E-state index contributed by atoms with van der Waals surface area (Å²) in [6.07, 6.45) is 2.23. The minimum Gasteiger partial charge on any atom is -0.307 e. The molecule has 0 bridgehead atoms. The second-order valence-corrected chi connectivity index (χ2v) is 5.67. The molecule has 2 heterocycles. The van der Waals surface area contributed by atoms with Crippen LogP contribution in [0.1, 0.15) is 19.8 Å². The van der Waals surface area contributed by atoms with Gasteiger partial charge in [-0.3, -0.25) is 0 Å². The largest absolute Gasteiger partial charge is 0.307 e. The van der Waals surface area contributed by atoms with Crippen LogP contribution in [-0.4, -0.2) is 19.5 Å². The number of para-hydroxylation sites is 2. The predicted molar refractivity (Wildman–Crippen MR) is 93.2 cm³/mol. The molecule has 23 heavy (non-hydrogen) atoms. The van der Waals surface area contributed by atoms with Crippen molar-refractivity contribution in [3.05, 3.63) is 54.6 Å². The summed E-state index contributed by atoms with van der Waals surface area (Å²) in [6, 6.07) is 18.2. The summed E-state index contributed by atoms with van der Waals surface area (Å²) < 4.78 is 2.20. The Labute approximate surface area is 134 Å². The van der Waals surface area contributed by atoms with E-state index in [9.17, 15) is 0 Å². The second kappa shape index (κ2) is 5.80. The molecular formula is C19H18N4. The zero-order chi connectivity index (χ0) is 15.6. The van der Waals surface area contributed by atoms with Gasteiger partial charge in [0.1, 0.15) is 5.82 Å². The van der Waals surface area contributed by atoms with Crippen LogP contribution in [0.15, 0.2) is 54.6 Å². The van der Waals surface area contributed by atoms with Gasteiger partial charge in [0.25, 0.3) is 0 Å². The number of nitrogens with zero attached hydrogens (tertiary/aromatic N) is 4. The molecule has 2 aromatic carbocycles. The van der Waals surface area contributed by atoms with Gasteiger partial charge in [-0.05, 0) is 18.6 Å². The van der Waals surface area contributed by atoms with Crippen LogP contribution in [0.4, 0.5) is 0 Å².